The third-order valence-electron chi connectivity index (χ3n) is 2.19. The molecule has 0 aliphatic heterocycles. The summed E-state index contributed by atoms with van der Waals surface area (Å²) in [6.45, 7) is 5.89. The third kappa shape index (κ3) is 4.30. The Kier molecular flexibility index (Phi) is 5.12. The molecule has 1 aromatic rings. The quantitative estimate of drug-likeness (QED) is 0.781. The molecule has 0 spiro atoms. The Bertz CT molecular complexity index is 273. The second-order valence-corrected chi connectivity index (χ2v) is 3.41. The Morgan fingerprint density at radius 2 is 1.93 bits per heavy atom. The second kappa shape index (κ2) is 6.40. The van der Waals surface area contributed by atoms with Gasteiger partial charge in [0.05, 0.1) is 0 Å². The predicted octanol–water partition coefficient (Wildman–Crippen LogP) is 2.59. The number of benzene rings is 1. The monoisotopic (exact) mass is 211 g/mol. The van der Waals surface area contributed by atoms with Crippen molar-refractivity contribution in [3.8, 4) is 5.75 Å². The third-order valence-corrected chi connectivity index (χ3v) is 2.19. The van der Waals surface area contributed by atoms with E-state index >= 15 is 0 Å². The summed E-state index contributed by atoms with van der Waals surface area (Å²) in [6.07, 6.45) is 1.08. The zero-order valence-electron chi connectivity index (χ0n) is 9.29. The van der Waals surface area contributed by atoms with Gasteiger partial charge in [-0.2, -0.15) is 0 Å². The first-order valence-corrected chi connectivity index (χ1v) is 5.39. The molecule has 0 heterocycles. The first-order valence-electron chi connectivity index (χ1n) is 5.39. The second-order valence-electron chi connectivity index (χ2n) is 3.41. The molecule has 0 radical (unpaired) electrons. The lowest BCUT2D eigenvalue weighted by Gasteiger charge is -2.17. The SMILES string of the molecule is CCNCC(CC)Oc1ccc(F)cc1. The normalized spacial score (nSPS) is 12.5. The minimum atomic E-state index is -0.234. The van der Waals surface area contributed by atoms with E-state index in [1.807, 2.05) is 0 Å². The molecular formula is C12H18FNO. The molecule has 84 valence electrons. The van der Waals surface area contributed by atoms with Gasteiger partial charge in [0.25, 0.3) is 0 Å². The number of nitrogens with one attached hydrogen (secondary N) is 1. The van der Waals surface area contributed by atoms with E-state index in [9.17, 15) is 4.39 Å². The van der Waals surface area contributed by atoms with Crippen molar-refractivity contribution in [3.05, 3.63) is 30.1 Å². The molecule has 1 N–H and O–H groups in total. The Morgan fingerprint density at radius 1 is 1.27 bits per heavy atom. The number of likely N-dealkylation sites (N-methyl/N-ethyl adjacent to an activating group) is 1. The van der Waals surface area contributed by atoms with E-state index in [2.05, 4.69) is 19.2 Å². The minimum absolute atomic E-state index is 0.149. The van der Waals surface area contributed by atoms with Crippen LogP contribution in [0, 0.1) is 5.82 Å². The van der Waals surface area contributed by atoms with E-state index in [-0.39, 0.29) is 11.9 Å². The van der Waals surface area contributed by atoms with Gasteiger partial charge in [-0.1, -0.05) is 13.8 Å². The number of ether oxygens (including phenoxy) is 1. The molecular weight excluding hydrogens is 193 g/mol. The highest BCUT2D eigenvalue weighted by Crippen LogP contribution is 2.13. The van der Waals surface area contributed by atoms with Crippen LogP contribution in [0.3, 0.4) is 0 Å². The Labute approximate surface area is 90.4 Å². The summed E-state index contributed by atoms with van der Waals surface area (Å²) in [4.78, 5) is 0. The maximum Gasteiger partial charge on any atom is 0.123 e. The molecule has 0 aliphatic carbocycles. The molecule has 0 bridgehead atoms. The van der Waals surface area contributed by atoms with Crippen LogP contribution in [-0.2, 0) is 0 Å². The van der Waals surface area contributed by atoms with E-state index in [1.165, 1.54) is 12.1 Å². The lowest BCUT2D eigenvalue weighted by atomic mass is 10.2. The van der Waals surface area contributed by atoms with Crippen molar-refractivity contribution in [2.75, 3.05) is 13.1 Å². The van der Waals surface area contributed by atoms with Crippen molar-refractivity contribution in [3.63, 3.8) is 0 Å². The van der Waals surface area contributed by atoms with Crippen molar-refractivity contribution < 1.29 is 9.13 Å². The van der Waals surface area contributed by atoms with E-state index in [0.29, 0.717) is 0 Å². The fourth-order valence-electron chi connectivity index (χ4n) is 1.28. The summed E-state index contributed by atoms with van der Waals surface area (Å²) in [6, 6.07) is 6.14. The van der Waals surface area contributed by atoms with Gasteiger partial charge in [-0.25, -0.2) is 4.39 Å². The molecule has 2 nitrogen and oxygen atoms in total. The van der Waals surface area contributed by atoms with Crippen LogP contribution in [0.2, 0.25) is 0 Å². The van der Waals surface area contributed by atoms with Crippen LogP contribution in [0.4, 0.5) is 4.39 Å². The molecule has 3 heteroatoms. The van der Waals surface area contributed by atoms with E-state index in [0.717, 1.165) is 25.3 Å². The van der Waals surface area contributed by atoms with Crippen LogP contribution in [0.5, 0.6) is 5.75 Å². The molecule has 0 aromatic heterocycles. The molecule has 0 saturated heterocycles. The zero-order valence-corrected chi connectivity index (χ0v) is 9.29. The number of rotatable bonds is 6. The fourth-order valence-corrected chi connectivity index (χ4v) is 1.28. The molecule has 0 fully saturated rings. The topological polar surface area (TPSA) is 21.3 Å². The lowest BCUT2D eigenvalue weighted by Crippen LogP contribution is -2.30. The standard InChI is InChI=1S/C12H18FNO/c1-3-11(9-14-4-2)15-12-7-5-10(13)6-8-12/h5-8,11,14H,3-4,9H2,1-2H3. The van der Waals surface area contributed by atoms with Crippen LogP contribution in [0.1, 0.15) is 20.3 Å². The molecule has 1 atom stereocenters. The molecule has 1 unspecified atom stereocenters. The van der Waals surface area contributed by atoms with Gasteiger partial charge < -0.3 is 10.1 Å². The molecule has 0 amide bonds. The Hall–Kier alpha value is -1.09. The smallest absolute Gasteiger partial charge is 0.123 e. The van der Waals surface area contributed by atoms with Crippen LogP contribution in [0.25, 0.3) is 0 Å². The highest BCUT2D eigenvalue weighted by atomic mass is 19.1. The van der Waals surface area contributed by atoms with Crippen molar-refractivity contribution in [2.45, 2.75) is 26.4 Å². The predicted molar refractivity (Wildman–Crippen MR) is 59.7 cm³/mol. The van der Waals surface area contributed by atoms with E-state index < -0.39 is 0 Å². The van der Waals surface area contributed by atoms with Crippen LogP contribution in [0.15, 0.2) is 24.3 Å². The van der Waals surface area contributed by atoms with Crippen molar-refractivity contribution in [1.82, 2.24) is 5.32 Å². The van der Waals surface area contributed by atoms with E-state index in [4.69, 9.17) is 4.74 Å². The first-order chi connectivity index (χ1) is 7.26. The molecule has 1 rings (SSSR count). The van der Waals surface area contributed by atoms with Crippen LogP contribution in [-0.4, -0.2) is 19.2 Å². The zero-order chi connectivity index (χ0) is 11.1. The summed E-state index contributed by atoms with van der Waals surface area (Å²) in [7, 11) is 0. The summed E-state index contributed by atoms with van der Waals surface area (Å²) in [5, 5.41) is 3.23. The average molecular weight is 211 g/mol. The average Bonchev–Trinajstić information content (AvgIpc) is 2.27. The van der Waals surface area contributed by atoms with Gasteiger partial charge >= 0.3 is 0 Å². The number of halogens is 1. The largest absolute Gasteiger partial charge is 0.489 e. The van der Waals surface area contributed by atoms with Gasteiger partial charge in [0.1, 0.15) is 17.7 Å². The highest BCUT2D eigenvalue weighted by Gasteiger charge is 2.06. The lowest BCUT2D eigenvalue weighted by molar-refractivity contribution is 0.194. The van der Waals surface area contributed by atoms with Gasteiger partial charge in [0.2, 0.25) is 0 Å². The molecule has 0 aliphatic rings. The van der Waals surface area contributed by atoms with Crippen molar-refractivity contribution >= 4 is 0 Å². The van der Waals surface area contributed by atoms with Crippen molar-refractivity contribution in [2.24, 2.45) is 0 Å². The summed E-state index contributed by atoms with van der Waals surface area (Å²) >= 11 is 0. The molecule has 15 heavy (non-hydrogen) atoms. The minimum Gasteiger partial charge on any atom is -0.489 e. The highest BCUT2D eigenvalue weighted by molar-refractivity contribution is 5.22. The maximum absolute atomic E-state index is 12.6. The van der Waals surface area contributed by atoms with Gasteiger partial charge in [0.15, 0.2) is 0 Å². The van der Waals surface area contributed by atoms with Crippen molar-refractivity contribution in [1.29, 1.82) is 0 Å². The first kappa shape index (κ1) is 12.0. The van der Waals surface area contributed by atoms with Gasteiger partial charge in [-0.15, -0.1) is 0 Å². The fraction of sp³-hybridized carbons (Fsp3) is 0.500. The maximum atomic E-state index is 12.6. The Morgan fingerprint density at radius 3 is 2.47 bits per heavy atom. The van der Waals surface area contributed by atoms with E-state index in [1.54, 1.807) is 12.1 Å². The summed E-state index contributed by atoms with van der Waals surface area (Å²) in [5.41, 5.74) is 0. The number of hydrogen-bond acceptors (Lipinski definition) is 2. The number of hydrogen-bond donors (Lipinski definition) is 1. The van der Waals surface area contributed by atoms with Crippen LogP contribution >= 0.6 is 0 Å². The summed E-state index contributed by atoms with van der Waals surface area (Å²) in [5.74, 6) is 0.489. The van der Waals surface area contributed by atoms with Gasteiger partial charge in [0, 0.05) is 6.54 Å². The summed E-state index contributed by atoms with van der Waals surface area (Å²) < 4.78 is 18.3. The van der Waals surface area contributed by atoms with Gasteiger partial charge in [-0.3, -0.25) is 0 Å². The Balaban J connectivity index is 2.47. The molecule has 0 saturated carbocycles. The van der Waals surface area contributed by atoms with Gasteiger partial charge in [-0.05, 0) is 37.2 Å². The molecule has 1 aromatic carbocycles. The van der Waals surface area contributed by atoms with Crippen LogP contribution < -0.4 is 10.1 Å².